The third-order valence-corrected chi connectivity index (χ3v) is 2.31. The highest BCUT2D eigenvalue weighted by molar-refractivity contribution is 5.49. The maximum atomic E-state index is 12.9. The van der Waals surface area contributed by atoms with E-state index in [1.807, 2.05) is 0 Å². The van der Waals surface area contributed by atoms with Gasteiger partial charge < -0.3 is 4.90 Å². The smallest absolute Gasteiger partial charge is 0.125 e. The van der Waals surface area contributed by atoms with E-state index in [2.05, 4.69) is 6.07 Å². The quantitative estimate of drug-likeness (QED) is 0.720. The monoisotopic (exact) mass is 192 g/mol. The number of hydrogen-bond acceptors (Lipinski definition) is 2. The fourth-order valence-corrected chi connectivity index (χ4v) is 1.08. The van der Waals surface area contributed by atoms with Crippen molar-refractivity contribution < 1.29 is 4.39 Å². The lowest BCUT2D eigenvalue weighted by molar-refractivity contribution is 0.605. The molecule has 0 fully saturated rings. The van der Waals surface area contributed by atoms with E-state index in [-0.39, 0.29) is 5.82 Å². The van der Waals surface area contributed by atoms with Crippen LogP contribution in [0.15, 0.2) is 24.3 Å². The van der Waals surface area contributed by atoms with Gasteiger partial charge in [0.05, 0.1) is 6.07 Å². The fourth-order valence-electron chi connectivity index (χ4n) is 1.08. The molecule has 1 aromatic carbocycles. The lowest BCUT2D eigenvalue weighted by atomic mass is 10.1. The van der Waals surface area contributed by atoms with E-state index in [1.165, 1.54) is 12.1 Å². The van der Waals surface area contributed by atoms with Gasteiger partial charge in [-0.3, -0.25) is 0 Å². The first kappa shape index (κ1) is 10.5. The number of anilines is 1. The van der Waals surface area contributed by atoms with Crippen LogP contribution in [0.4, 0.5) is 10.1 Å². The van der Waals surface area contributed by atoms with Gasteiger partial charge in [0.1, 0.15) is 11.4 Å². The normalized spacial score (nSPS) is 10.8. The zero-order valence-corrected chi connectivity index (χ0v) is 8.58. The molecule has 0 radical (unpaired) electrons. The predicted molar refractivity (Wildman–Crippen MR) is 54.5 cm³/mol. The Morgan fingerprint density at radius 3 is 2.57 bits per heavy atom. The molecule has 0 aliphatic heterocycles. The summed E-state index contributed by atoms with van der Waals surface area (Å²) in [6, 6.07) is 8.38. The summed E-state index contributed by atoms with van der Waals surface area (Å²) >= 11 is 0. The Morgan fingerprint density at radius 1 is 1.43 bits per heavy atom. The van der Waals surface area contributed by atoms with Gasteiger partial charge in [0.25, 0.3) is 0 Å². The number of rotatable bonds is 2. The molecule has 0 amide bonds. The number of hydrogen-bond donors (Lipinski definition) is 0. The van der Waals surface area contributed by atoms with Gasteiger partial charge in [0.2, 0.25) is 0 Å². The Morgan fingerprint density at radius 2 is 2.07 bits per heavy atom. The Labute approximate surface area is 83.6 Å². The number of benzene rings is 1. The highest BCUT2D eigenvalue weighted by atomic mass is 19.1. The van der Waals surface area contributed by atoms with Gasteiger partial charge in [-0.15, -0.1) is 0 Å². The summed E-state index contributed by atoms with van der Waals surface area (Å²) in [6.45, 7) is 3.58. The zero-order valence-electron chi connectivity index (χ0n) is 8.58. The van der Waals surface area contributed by atoms with E-state index in [1.54, 1.807) is 37.9 Å². The van der Waals surface area contributed by atoms with Crippen LogP contribution in [0.1, 0.15) is 13.8 Å². The first-order chi connectivity index (χ1) is 6.47. The minimum atomic E-state index is -0.631. The molecule has 0 atom stereocenters. The molecule has 0 unspecified atom stereocenters. The molecule has 0 aliphatic rings. The van der Waals surface area contributed by atoms with E-state index in [4.69, 9.17) is 5.26 Å². The van der Waals surface area contributed by atoms with Gasteiger partial charge in [0.15, 0.2) is 0 Å². The molecular formula is C11H13FN2. The van der Waals surface area contributed by atoms with Gasteiger partial charge in [-0.05, 0) is 32.0 Å². The molecule has 0 saturated heterocycles. The van der Waals surface area contributed by atoms with Crippen LogP contribution >= 0.6 is 0 Å². The molecule has 0 spiro atoms. The zero-order chi connectivity index (χ0) is 10.8. The molecule has 0 aliphatic carbocycles. The van der Waals surface area contributed by atoms with Gasteiger partial charge in [-0.2, -0.15) is 5.26 Å². The minimum Gasteiger partial charge on any atom is -0.357 e. The van der Waals surface area contributed by atoms with E-state index in [0.717, 1.165) is 0 Å². The summed E-state index contributed by atoms with van der Waals surface area (Å²) in [5.41, 5.74) is 0.0740. The van der Waals surface area contributed by atoms with E-state index >= 15 is 0 Å². The highest BCUT2D eigenvalue weighted by Crippen LogP contribution is 2.21. The Kier molecular flexibility index (Phi) is 2.76. The number of halogens is 1. The first-order valence-corrected chi connectivity index (χ1v) is 4.38. The highest BCUT2D eigenvalue weighted by Gasteiger charge is 2.23. The molecule has 74 valence electrons. The van der Waals surface area contributed by atoms with Crippen LogP contribution in [-0.4, -0.2) is 12.6 Å². The summed E-state index contributed by atoms with van der Waals surface area (Å²) in [5, 5.41) is 8.91. The van der Waals surface area contributed by atoms with Crippen LogP contribution < -0.4 is 4.90 Å². The average Bonchev–Trinajstić information content (AvgIpc) is 2.16. The van der Waals surface area contributed by atoms with Crippen molar-refractivity contribution in [1.82, 2.24) is 0 Å². The lowest BCUT2D eigenvalue weighted by Gasteiger charge is -2.31. The van der Waals surface area contributed by atoms with E-state index in [0.29, 0.717) is 5.69 Å². The van der Waals surface area contributed by atoms with Crippen molar-refractivity contribution >= 4 is 5.69 Å². The van der Waals surface area contributed by atoms with E-state index < -0.39 is 5.54 Å². The topological polar surface area (TPSA) is 27.0 Å². The van der Waals surface area contributed by atoms with Crippen molar-refractivity contribution in [2.75, 3.05) is 11.9 Å². The van der Waals surface area contributed by atoms with Crippen LogP contribution in [0.2, 0.25) is 0 Å². The molecule has 3 heteroatoms. The van der Waals surface area contributed by atoms with Crippen molar-refractivity contribution in [2.45, 2.75) is 19.4 Å². The Hall–Kier alpha value is -1.56. The molecule has 0 N–H and O–H groups in total. The van der Waals surface area contributed by atoms with Crippen molar-refractivity contribution in [3.05, 3.63) is 30.1 Å². The second-order valence-electron chi connectivity index (χ2n) is 3.71. The van der Waals surface area contributed by atoms with Crippen LogP contribution in [0, 0.1) is 17.1 Å². The molecular weight excluding hydrogens is 179 g/mol. The van der Waals surface area contributed by atoms with E-state index in [9.17, 15) is 4.39 Å². The SMILES string of the molecule is CN(c1cccc(F)c1)C(C)(C)C#N. The van der Waals surface area contributed by atoms with Crippen LogP contribution in [-0.2, 0) is 0 Å². The predicted octanol–water partition coefficient (Wildman–Crippen LogP) is 2.56. The third-order valence-electron chi connectivity index (χ3n) is 2.31. The van der Waals surface area contributed by atoms with Crippen molar-refractivity contribution in [2.24, 2.45) is 0 Å². The maximum absolute atomic E-state index is 12.9. The minimum absolute atomic E-state index is 0.289. The summed E-state index contributed by atoms with van der Waals surface area (Å²) in [5.74, 6) is -0.289. The molecule has 0 heterocycles. The number of nitriles is 1. The van der Waals surface area contributed by atoms with Gasteiger partial charge >= 0.3 is 0 Å². The van der Waals surface area contributed by atoms with Gasteiger partial charge in [-0.25, -0.2) is 4.39 Å². The second-order valence-corrected chi connectivity index (χ2v) is 3.71. The van der Waals surface area contributed by atoms with Crippen molar-refractivity contribution in [1.29, 1.82) is 5.26 Å². The summed E-state index contributed by atoms with van der Waals surface area (Å²) in [7, 11) is 1.78. The second kappa shape index (κ2) is 3.67. The van der Waals surface area contributed by atoms with Crippen LogP contribution in [0.5, 0.6) is 0 Å². The molecule has 0 bridgehead atoms. The molecule has 1 rings (SSSR count). The summed E-state index contributed by atoms with van der Waals surface area (Å²) < 4.78 is 12.9. The van der Waals surface area contributed by atoms with Crippen molar-refractivity contribution in [3.63, 3.8) is 0 Å². The first-order valence-electron chi connectivity index (χ1n) is 4.38. The number of nitrogens with zero attached hydrogens (tertiary/aromatic N) is 2. The molecule has 2 nitrogen and oxygen atoms in total. The van der Waals surface area contributed by atoms with Gasteiger partial charge in [-0.1, -0.05) is 6.07 Å². The molecule has 0 saturated carbocycles. The third kappa shape index (κ3) is 2.02. The van der Waals surface area contributed by atoms with Crippen LogP contribution in [0.25, 0.3) is 0 Å². The standard InChI is InChI=1S/C11H13FN2/c1-11(2,8-13)14(3)10-6-4-5-9(12)7-10/h4-7H,1-3H3. The molecule has 1 aromatic rings. The molecule has 0 aromatic heterocycles. The van der Waals surface area contributed by atoms with Crippen molar-refractivity contribution in [3.8, 4) is 6.07 Å². The van der Waals surface area contributed by atoms with Gasteiger partial charge in [0, 0.05) is 12.7 Å². The Balaban J connectivity index is 3.02. The fraction of sp³-hybridized carbons (Fsp3) is 0.364. The Bertz CT molecular complexity index is 366. The summed E-state index contributed by atoms with van der Waals surface area (Å²) in [4.78, 5) is 1.75. The lowest BCUT2D eigenvalue weighted by Crippen LogP contribution is -2.39. The molecule has 14 heavy (non-hydrogen) atoms. The largest absolute Gasteiger partial charge is 0.357 e. The maximum Gasteiger partial charge on any atom is 0.125 e. The van der Waals surface area contributed by atoms with Crippen LogP contribution in [0.3, 0.4) is 0 Å². The summed E-state index contributed by atoms with van der Waals surface area (Å²) in [6.07, 6.45) is 0. The average molecular weight is 192 g/mol.